The lowest BCUT2D eigenvalue weighted by Crippen LogP contribution is -2.43. The number of benzene rings is 1. The molecule has 0 saturated carbocycles. The zero-order valence-electron chi connectivity index (χ0n) is 13.2. The Labute approximate surface area is 131 Å². The van der Waals surface area contributed by atoms with Crippen molar-refractivity contribution in [2.24, 2.45) is 0 Å². The lowest BCUT2D eigenvalue weighted by atomic mass is 9.94. The maximum absolute atomic E-state index is 5.73. The molecule has 1 aliphatic rings. The molecule has 1 N–H and O–H groups in total. The number of hydrogen-bond donors (Lipinski definition) is 1. The van der Waals surface area contributed by atoms with Crippen LogP contribution in [-0.2, 0) is 11.3 Å². The molecule has 1 saturated heterocycles. The molecule has 0 spiro atoms. The Morgan fingerprint density at radius 3 is 2.77 bits per heavy atom. The Morgan fingerprint density at radius 2 is 2.00 bits per heavy atom. The Morgan fingerprint density at radius 1 is 1.18 bits per heavy atom. The van der Waals surface area contributed by atoms with E-state index in [0.29, 0.717) is 18.5 Å². The van der Waals surface area contributed by atoms with E-state index in [4.69, 9.17) is 13.9 Å². The van der Waals surface area contributed by atoms with E-state index in [1.807, 2.05) is 42.5 Å². The number of rotatable bonds is 5. The first-order valence-electron chi connectivity index (χ1n) is 7.80. The number of ether oxygens (including phenoxy) is 2. The van der Waals surface area contributed by atoms with Crippen molar-refractivity contribution in [1.29, 1.82) is 0 Å². The van der Waals surface area contributed by atoms with Crippen LogP contribution in [0.1, 0.15) is 32.4 Å². The lowest BCUT2D eigenvalue weighted by Gasteiger charge is -2.35. The summed E-state index contributed by atoms with van der Waals surface area (Å²) >= 11 is 0. The zero-order chi connectivity index (χ0) is 15.4. The minimum Gasteiger partial charge on any atom is -0.429 e. The quantitative estimate of drug-likeness (QED) is 0.902. The predicted octanol–water partition coefficient (Wildman–Crippen LogP) is 4.12. The summed E-state index contributed by atoms with van der Waals surface area (Å²) in [7, 11) is 0. The average molecular weight is 301 g/mol. The van der Waals surface area contributed by atoms with Crippen LogP contribution < -0.4 is 10.1 Å². The molecule has 1 aliphatic heterocycles. The molecule has 0 radical (unpaired) electrons. The summed E-state index contributed by atoms with van der Waals surface area (Å²) in [6.07, 6.45) is 2.05. The van der Waals surface area contributed by atoms with Gasteiger partial charge in [-0.1, -0.05) is 18.2 Å². The first-order valence-corrected chi connectivity index (χ1v) is 7.80. The molecule has 22 heavy (non-hydrogen) atoms. The Kier molecular flexibility index (Phi) is 4.50. The largest absolute Gasteiger partial charge is 0.429 e. The topological polar surface area (TPSA) is 43.6 Å². The van der Waals surface area contributed by atoms with Gasteiger partial charge < -0.3 is 19.2 Å². The number of nitrogens with one attached hydrogen (secondary N) is 1. The molecule has 1 fully saturated rings. The van der Waals surface area contributed by atoms with Gasteiger partial charge >= 0.3 is 0 Å². The monoisotopic (exact) mass is 301 g/mol. The van der Waals surface area contributed by atoms with Gasteiger partial charge in [-0.05, 0) is 44.9 Å². The third kappa shape index (κ3) is 4.12. The van der Waals surface area contributed by atoms with E-state index < -0.39 is 0 Å². The molecule has 0 amide bonds. The van der Waals surface area contributed by atoms with Gasteiger partial charge in [-0.3, -0.25) is 0 Å². The minimum atomic E-state index is -0.0410. The average Bonchev–Trinajstić information content (AvgIpc) is 2.93. The van der Waals surface area contributed by atoms with Crippen LogP contribution in [-0.4, -0.2) is 18.2 Å². The normalized spacial score (nSPS) is 20.7. The lowest BCUT2D eigenvalue weighted by molar-refractivity contribution is -0.0632. The Bertz CT molecular complexity index is 591. The van der Waals surface area contributed by atoms with Crippen LogP contribution in [0, 0.1) is 0 Å². The molecule has 0 bridgehead atoms. The summed E-state index contributed by atoms with van der Waals surface area (Å²) in [5.74, 6) is 2.19. The number of furan rings is 1. The molecular formula is C18H23NO3. The molecule has 118 valence electrons. The van der Waals surface area contributed by atoms with Crippen LogP contribution in [0.15, 0.2) is 46.9 Å². The van der Waals surface area contributed by atoms with E-state index in [-0.39, 0.29) is 5.60 Å². The van der Waals surface area contributed by atoms with E-state index in [9.17, 15) is 0 Å². The maximum Gasteiger partial charge on any atom is 0.290 e. The van der Waals surface area contributed by atoms with Crippen LogP contribution in [0.25, 0.3) is 0 Å². The molecule has 2 aromatic rings. The summed E-state index contributed by atoms with van der Waals surface area (Å²) in [6, 6.07) is 13.9. The van der Waals surface area contributed by atoms with Crippen LogP contribution in [0.5, 0.6) is 11.7 Å². The SMILES string of the molecule is CC1(C)CC(NCc2ccc(Oc3ccccc3)o2)CCO1. The minimum absolute atomic E-state index is 0.0410. The molecule has 0 aliphatic carbocycles. The van der Waals surface area contributed by atoms with Gasteiger partial charge in [0.2, 0.25) is 0 Å². The van der Waals surface area contributed by atoms with Crippen molar-refractivity contribution in [3.8, 4) is 11.7 Å². The van der Waals surface area contributed by atoms with Crippen molar-refractivity contribution in [3.05, 3.63) is 48.2 Å². The van der Waals surface area contributed by atoms with E-state index >= 15 is 0 Å². The van der Waals surface area contributed by atoms with Crippen LogP contribution in [0.4, 0.5) is 0 Å². The highest BCUT2D eigenvalue weighted by Gasteiger charge is 2.28. The highest BCUT2D eigenvalue weighted by atomic mass is 16.6. The van der Waals surface area contributed by atoms with E-state index in [0.717, 1.165) is 31.0 Å². The number of hydrogen-bond acceptors (Lipinski definition) is 4. The second-order valence-electron chi connectivity index (χ2n) is 6.31. The molecule has 1 aromatic heterocycles. The Hall–Kier alpha value is -1.78. The highest BCUT2D eigenvalue weighted by Crippen LogP contribution is 2.26. The third-order valence-corrected chi connectivity index (χ3v) is 3.86. The van der Waals surface area contributed by atoms with Crippen LogP contribution in [0.2, 0.25) is 0 Å². The zero-order valence-corrected chi connectivity index (χ0v) is 13.2. The van der Waals surface area contributed by atoms with Crippen LogP contribution in [0.3, 0.4) is 0 Å². The smallest absolute Gasteiger partial charge is 0.290 e. The highest BCUT2D eigenvalue weighted by molar-refractivity contribution is 5.26. The molecule has 4 nitrogen and oxygen atoms in total. The Balaban J connectivity index is 1.51. The van der Waals surface area contributed by atoms with Crippen molar-refractivity contribution < 1.29 is 13.9 Å². The van der Waals surface area contributed by atoms with Crippen molar-refractivity contribution >= 4 is 0 Å². The van der Waals surface area contributed by atoms with Gasteiger partial charge in [0.05, 0.1) is 12.1 Å². The fraction of sp³-hybridized carbons (Fsp3) is 0.444. The summed E-state index contributed by atoms with van der Waals surface area (Å²) in [5.41, 5.74) is -0.0410. The van der Waals surface area contributed by atoms with Gasteiger partial charge in [0.25, 0.3) is 5.95 Å². The molecule has 1 unspecified atom stereocenters. The van der Waals surface area contributed by atoms with Gasteiger partial charge in [-0.15, -0.1) is 0 Å². The van der Waals surface area contributed by atoms with Crippen molar-refractivity contribution in [2.75, 3.05) is 6.61 Å². The fourth-order valence-electron chi connectivity index (χ4n) is 2.76. The summed E-state index contributed by atoms with van der Waals surface area (Å²) in [4.78, 5) is 0. The molecule has 1 atom stereocenters. The standard InChI is InChI=1S/C18H23NO3/c1-18(2)12-14(10-11-20-18)19-13-16-8-9-17(22-16)21-15-6-4-3-5-7-15/h3-9,14,19H,10-13H2,1-2H3. The molecule has 3 rings (SSSR count). The van der Waals surface area contributed by atoms with Gasteiger partial charge in [-0.2, -0.15) is 0 Å². The molecular weight excluding hydrogens is 278 g/mol. The van der Waals surface area contributed by atoms with E-state index in [1.165, 1.54) is 0 Å². The van der Waals surface area contributed by atoms with E-state index in [1.54, 1.807) is 0 Å². The summed E-state index contributed by atoms with van der Waals surface area (Å²) in [6.45, 7) is 5.79. The second-order valence-corrected chi connectivity index (χ2v) is 6.31. The van der Waals surface area contributed by atoms with Gasteiger partial charge in [0.1, 0.15) is 11.5 Å². The number of para-hydroxylation sites is 1. The van der Waals surface area contributed by atoms with Crippen molar-refractivity contribution in [3.63, 3.8) is 0 Å². The molecule has 1 aromatic carbocycles. The third-order valence-electron chi connectivity index (χ3n) is 3.86. The first-order chi connectivity index (χ1) is 10.6. The van der Waals surface area contributed by atoms with Crippen LogP contribution >= 0.6 is 0 Å². The van der Waals surface area contributed by atoms with Gasteiger partial charge in [0.15, 0.2) is 0 Å². The fourth-order valence-corrected chi connectivity index (χ4v) is 2.76. The maximum atomic E-state index is 5.73. The van der Waals surface area contributed by atoms with Crippen molar-refractivity contribution in [1.82, 2.24) is 5.32 Å². The predicted molar refractivity (Wildman–Crippen MR) is 85.1 cm³/mol. The van der Waals surface area contributed by atoms with Gasteiger partial charge in [-0.25, -0.2) is 0 Å². The second kappa shape index (κ2) is 6.55. The molecule has 4 heteroatoms. The summed E-state index contributed by atoms with van der Waals surface area (Å²) < 4.78 is 17.1. The van der Waals surface area contributed by atoms with Gasteiger partial charge in [0, 0.05) is 18.7 Å². The molecule has 2 heterocycles. The summed E-state index contributed by atoms with van der Waals surface area (Å²) in [5, 5.41) is 3.54. The first kappa shape index (κ1) is 15.1. The van der Waals surface area contributed by atoms with E-state index in [2.05, 4.69) is 19.2 Å². The van der Waals surface area contributed by atoms with Crippen molar-refractivity contribution in [2.45, 2.75) is 44.9 Å².